The van der Waals surface area contributed by atoms with Crippen molar-refractivity contribution in [2.45, 2.75) is 26.6 Å². The lowest BCUT2D eigenvalue weighted by atomic mass is 9.99. The minimum absolute atomic E-state index is 0.197. The lowest BCUT2D eigenvalue weighted by Crippen LogP contribution is -2.02. The predicted octanol–water partition coefficient (Wildman–Crippen LogP) is 3.98. The van der Waals surface area contributed by atoms with Crippen LogP contribution in [-0.2, 0) is 11.3 Å². The van der Waals surface area contributed by atoms with E-state index in [2.05, 4.69) is 0 Å². The second kappa shape index (κ2) is 6.35. The number of carbonyl (C=O) groups is 1. The average Bonchev–Trinajstić information content (AvgIpc) is 2.45. The Hall–Kier alpha value is -2.13. The van der Waals surface area contributed by atoms with Gasteiger partial charge in [-0.2, -0.15) is 0 Å². The molecule has 0 atom stereocenters. The monoisotopic (exact) mass is 270 g/mol. The molecule has 0 saturated carbocycles. The van der Waals surface area contributed by atoms with Crippen molar-refractivity contribution in [2.75, 3.05) is 0 Å². The van der Waals surface area contributed by atoms with Crippen molar-refractivity contribution >= 4 is 5.97 Å². The second-order valence-corrected chi connectivity index (χ2v) is 4.91. The number of benzene rings is 2. The van der Waals surface area contributed by atoms with Gasteiger partial charge in [-0.25, -0.2) is 4.79 Å². The molecule has 0 bridgehead atoms. The SMILES string of the molecule is CC(C)OCc1ccc(-c2ccccc2C(=O)O)cc1. The van der Waals surface area contributed by atoms with Crippen LogP contribution in [0.2, 0.25) is 0 Å². The summed E-state index contributed by atoms with van der Waals surface area (Å²) in [6, 6.07) is 14.8. The lowest BCUT2D eigenvalue weighted by Gasteiger charge is -2.09. The molecule has 1 N–H and O–H groups in total. The van der Waals surface area contributed by atoms with Crippen LogP contribution < -0.4 is 0 Å². The topological polar surface area (TPSA) is 46.5 Å². The molecule has 2 rings (SSSR count). The number of rotatable bonds is 5. The largest absolute Gasteiger partial charge is 0.478 e. The van der Waals surface area contributed by atoms with E-state index >= 15 is 0 Å². The highest BCUT2D eigenvalue weighted by Gasteiger charge is 2.10. The smallest absolute Gasteiger partial charge is 0.336 e. The molecule has 20 heavy (non-hydrogen) atoms. The molecule has 0 amide bonds. The molecule has 0 aromatic heterocycles. The first kappa shape index (κ1) is 14.3. The number of hydrogen-bond acceptors (Lipinski definition) is 2. The predicted molar refractivity (Wildman–Crippen MR) is 78.8 cm³/mol. The van der Waals surface area contributed by atoms with Crippen LogP contribution in [0.5, 0.6) is 0 Å². The maximum absolute atomic E-state index is 11.2. The highest BCUT2D eigenvalue weighted by atomic mass is 16.5. The van der Waals surface area contributed by atoms with Crippen molar-refractivity contribution in [3.63, 3.8) is 0 Å². The molecule has 0 fully saturated rings. The molecule has 0 radical (unpaired) electrons. The Morgan fingerprint density at radius 2 is 1.75 bits per heavy atom. The summed E-state index contributed by atoms with van der Waals surface area (Å²) in [5.41, 5.74) is 3.03. The average molecular weight is 270 g/mol. The van der Waals surface area contributed by atoms with Gasteiger partial charge in [0, 0.05) is 0 Å². The molecule has 3 heteroatoms. The standard InChI is InChI=1S/C17H18O3/c1-12(2)20-11-13-7-9-14(10-8-13)15-5-3-4-6-16(15)17(18)19/h3-10,12H,11H2,1-2H3,(H,18,19). The Kier molecular flexibility index (Phi) is 4.53. The van der Waals surface area contributed by atoms with E-state index in [1.165, 1.54) is 0 Å². The van der Waals surface area contributed by atoms with Crippen LogP contribution in [0.1, 0.15) is 29.8 Å². The van der Waals surface area contributed by atoms with E-state index in [9.17, 15) is 9.90 Å². The first-order valence-corrected chi connectivity index (χ1v) is 6.61. The quantitative estimate of drug-likeness (QED) is 0.894. The molecule has 0 spiro atoms. The van der Waals surface area contributed by atoms with Gasteiger partial charge in [0.15, 0.2) is 0 Å². The van der Waals surface area contributed by atoms with Gasteiger partial charge in [0.1, 0.15) is 0 Å². The van der Waals surface area contributed by atoms with Gasteiger partial charge in [0.25, 0.3) is 0 Å². The fraction of sp³-hybridized carbons (Fsp3) is 0.235. The minimum Gasteiger partial charge on any atom is -0.478 e. The van der Waals surface area contributed by atoms with E-state index in [-0.39, 0.29) is 6.10 Å². The first-order valence-electron chi connectivity index (χ1n) is 6.61. The van der Waals surface area contributed by atoms with E-state index < -0.39 is 5.97 Å². The summed E-state index contributed by atoms with van der Waals surface area (Å²) < 4.78 is 5.54. The van der Waals surface area contributed by atoms with E-state index in [0.717, 1.165) is 16.7 Å². The summed E-state index contributed by atoms with van der Waals surface area (Å²) >= 11 is 0. The molecular weight excluding hydrogens is 252 g/mol. The number of carboxylic acids is 1. The molecule has 0 saturated heterocycles. The number of carboxylic acid groups (broad SMARTS) is 1. The van der Waals surface area contributed by atoms with Gasteiger partial charge in [0.2, 0.25) is 0 Å². The van der Waals surface area contributed by atoms with Gasteiger partial charge < -0.3 is 9.84 Å². The summed E-state index contributed by atoms with van der Waals surface area (Å²) in [5, 5.41) is 9.21. The highest BCUT2D eigenvalue weighted by Crippen LogP contribution is 2.24. The number of ether oxygens (including phenoxy) is 1. The molecule has 0 aliphatic rings. The summed E-state index contributed by atoms with van der Waals surface area (Å²) in [4.78, 5) is 11.2. The Bertz CT molecular complexity index is 585. The van der Waals surface area contributed by atoms with Gasteiger partial charge in [-0.15, -0.1) is 0 Å². The third kappa shape index (κ3) is 3.45. The maximum atomic E-state index is 11.2. The minimum atomic E-state index is -0.909. The van der Waals surface area contributed by atoms with Crippen LogP contribution in [0, 0.1) is 0 Å². The molecule has 2 aromatic rings. The zero-order chi connectivity index (χ0) is 14.5. The third-order valence-corrected chi connectivity index (χ3v) is 3.01. The van der Waals surface area contributed by atoms with Crippen LogP contribution in [0.4, 0.5) is 0 Å². The van der Waals surface area contributed by atoms with Crippen LogP contribution in [-0.4, -0.2) is 17.2 Å². The van der Waals surface area contributed by atoms with Gasteiger partial charge in [0.05, 0.1) is 18.3 Å². The van der Waals surface area contributed by atoms with Crippen molar-refractivity contribution < 1.29 is 14.6 Å². The molecule has 0 heterocycles. The van der Waals surface area contributed by atoms with Gasteiger partial charge >= 0.3 is 5.97 Å². The molecule has 3 nitrogen and oxygen atoms in total. The molecule has 2 aromatic carbocycles. The molecule has 0 aliphatic carbocycles. The van der Waals surface area contributed by atoms with Crippen molar-refractivity contribution in [3.05, 3.63) is 59.7 Å². The fourth-order valence-corrected chi connectivity index (χ4v) is 1.96. The zero-order valence-electron chi connectivity index (χ0n) is 11.7. The third-order valence-electron chi connectivity index (χ3n) is 3.01. The Labute approximate surface area is 118 Å². The molecular formula is C17H18O3. The van der Waals surface area contributed by atoms with E-state index in [1.54, 1.807) is 12.1 Å². The molecule has 104 valence electrons. The van der Waals surface area contributed by atoms with Gasteiger partial charge in [-0.3, -0.25) is 0 Å². The summed E-state index contributed by atoms with van der Waals surface area (Å²) in [7, 11) is 0. The highest BCUT2D eigenvalue weighted by molar-refractivity contribution is 5.95. The second-order valence-electron chi connectivity index (χ2n) is 4.91. The van der Waals surface area contributed by atoms with Crippen LogP contribution in [0.15, 0.2) is 48.5 Å². The molecule has 0 aliphatic heterocycles. The lowest BCUT2D eigenvalue weighted by molar-refractivity contribution is 0.0656. The Morgan fingerprint density at radius 3 is 2.35 bits per heavy atom. The van der Waals surface area contributed by atoms with Crippen molar-refractivity contribution in [1.29, 1.82) is 0 Å². The van der Waals surface area contributed by atoms with E-state index in [4.69, 9.17) is 4.74 Å². The first-order chi connectivity index (χ1) is 9.58. The zero-order valence-corrected chi connectivity index (χ0v) is 11.7. The normalized spacial score (nSPS) is 10.8. The van der Waals surface area contributed by atoms with E-state index in [1.807, 2.05) is 50.2 Å². The van der Waals surface area contributed by atoms with Crippen LogP contribution in [0.25, 0.3) is 11.1 Å². The Balaban J connectivity index is 2.24. The Morgan fingerprint density at radius 1 is 1.10 bits per heavy atom. The maximum Gasteiger partial charge on any atom is 0.336 e. The molecule has 0 unspecified atom stereocenters. The summed E-state index contributed by atoms with van der Waals surface area (Å²) in [6.45, 7) is 4.56. The van der Waals surface area contributed by atoms with E-state index in [0.29, 0.717) is 12.2 Å². The van der Waals surface area contributed by atoms with Gasteiger partial charge in [-0.05, 0) is 36.6 Å². The fourth-order valence-electron chi connectivity index (χ4n) is 1.96. The van der Waals surface area contributed by atoms with Crippen molar-refractivity contribution in [2.24, 2.45) is 0 Å². The van der Waals surface area contributed by atoms with Crippen LogP contribution in [0.3, 0.4) is 0 Å². The summed E-state index contributed by atoms with van der Waals surface area (Å²) in [5.74, 6) is -0.909. The number of aromatic carboxylic acids is 1. The van der Waals surface area contributed by atoms with Crippen molar-refractivity contribution in [1.82, 2.24) is 0 Å². The van der Waals surface area contributed by atoms with Crippen molar-refractivity contribution in [3.8, 4) is 11.1 Å². The van der Waals surface area contributed by atoms with Crippen LogP contribution >= 0.6 is 0 Å². The van der Waals surface area contributed by atoms with Gasteiger partial charge in [-0.1, -0.05) is 42.5 Å². The number of hydrogen-bond donors (Lipinski definition) is 1. The summed E-state index contributed by atoms with van der Waals surface area (Å²) in [6.07, 6.45) is 0.197.